The maximum Gasteiger partial charge on any atom is 0.156 e. The molecule has 1 atom stereocenters. The standard InChI is InChI=1S/C58H45N5/c1-58-36-14-13-22-52(58)51-35-31-46(40-24-26-43(27-25-40)56(42-15-5-2-6-16-42)61-57(60-39-59)44-17-7-3-8-18-44)38-55(51)63(58)48-32-28-41(29-33-48)45-30-34-50-49-21-11-12-23-53(49)62(54(50)37-45)47-19-9-4-10-20-47/h2-35,37-38H,36,39,59H2,1H3/b60-57-,61-56-. The Balaban J connectivity index is 0.951. The van der Waals surface area contributed by atoms with Gasteiger partial charge < -0.3 is 15.2 Å². The maximum atomic E-state index is 5.95. The molecule has 0 amide bonds. The summed E-state index contributed by atoms with van der Waals surface area (Å²) in [6, 6.07) is 71.4. The zero-order chi connectivity index (χ0) is 42.3. The number of benzene rings is 8. The van der Waals surface area contributed by atoms with Crippen molar-refractivity contribution in [2.45, 2.75) is 18.9 Å². The lowest BCUT2D eigenvalue weighted by atomic mass is 9.83. The summed E-state index contributed by atoms with van der Waals surface area (Å²) >= 11 is 0. The van der Waals surface area contributed by atoms with E-state index in [1.807, 2.05) is 48.5 Å². The minimum atomic E-state index is -0.223. The number of anilines is 2. The number of rotatable bonds is 8. The molecule has 5 nitrogen and oxygen atoms in total. The van der Waals surface area contributed by atoms with Crippen LogP contribution in [0, 0.1) is 0 Å². The monoisotopic (exact) mass is 811 g/mol. The highest BCUT2D eigenvalue weighted by Gasteiger charge is 2.45. The summed E-state index contributed by atoms with van der Waals surface area (Å²) in [5.74, 6) is 0.611. The van der Waals surface area contributed by atoms with E-state index >= 15 is 0 Å². The number of nitrogens with two attached hydrogens (primary N) is 1. The minimum Gasteiger partial charge on any atom is -0.331 e. The van der Waals surface area contributed by atoms with Crippen LogP contribution in [0.4, 0.5) is 11.4 Å². The first-order valence-corrected chi connectivity index (χ1v) is 21.6. The molecule has 8 aromatic carbocycles. The number of aliphatic imine (C=N–C) groups is 2. The van der Waals surface area contributed by atoms with E-state index in [0.29, 0.717) is 5.84 Å². The number of fused-ring (bicyclic) bond motifs is 6. The van der Waals surface area contributed by atoms with Crippen LogP contribution in [0.1, 0.15) is 35.6 Å². The first kappa shape index (κ1) is 38.1. The second-order valence-corrected chi connectivity index (χ2v) is 16.5. The van der Waals surface area contributed by atoms with Crippen molar-refractivity contribution in [3.8, 4) is 27.9 Å². The fourth-order valence-corrected chi connectivity index (χ4v) is 9.65. The zero-order valence-electron chi connectivity index (χ0n) is 35.1. The molecular weight excluding hydrogens is 767 g/mol. The Morgan fingerprint density at radius 1 is 0.556 bits per heavy atom. The molecule has 0 bridgehead atoms. The highest BCUT2D eigenvalue weighted by Crippen LogP contribution is 2.54. The molecule has 11 rings (SSSR count). The Kier molecular flexibility index (Phi) is 9.60. The van der Waals surface area contributed by atoms with Gasteiger partial charge in [-0.3, -0.25) is 4.99 Å². The number of para-hydroxylation sites is 2. The van der Waals surface area contributed by atoms with E-state index in [2.05, 4.69) is 191 Å². The molecule has 2 N–H and O–H groups in total. The van der Waals surface area contributed by atoms with Gasteiger partial charge in [0.05, 0.1) is 34.6 Å². The number of amidine groups is 1. The van der Waals surface area contributed by atoms with Gasteiger partial charge in [0.1, 0.15) is 0 Å². The van der Waals surface area contributed by atoms with Crippen LogP contribution in [0.15, 0.2) is 228 Å². The summed E-state index contributed by atoms with van der Waals surface area (Å²) in [6.45, 7) is 2.53. The molecule has 302 valence electrons. The Morgan fingerprint density at radius 2 is 1.14 bits per heavy atom. The van der Waals surface area contributed by atoms with Gasteiger partial charge in [0.2, 0.25) is 0 Å². The summed E-state index contributed by atoms with van der Waals surface area (Å²) < 4.78 is 2.38. The van der Waals surface area contributed by atoms with Gasteiger partial charge >= 0.3 is 0 Å². The third-order valence-corrected chi connectivity index (χ3v) is 12.7. The van der Waals surface area contributed by atoms with Crippen molar-refractivity contribution in [2.75, 3.05) is 11.6 Å². The fourth-order valence-electron chi connectivity index (χ4n) is 9.65. The van der Waals surface area contributed by atoms with Crippen LogP contribution >= 0.6 is 0 Å². The number of hydrogen-bond donors (Lipinski definition) is 1. The number of hydrogen-bond acceptors (Lipinski definition) is 3. The van der Waals surface area contributed by atoms with Crippen molar-refractivity contribution in [2.24, 2.45) is 15.7 Å². The number of aromatic nitrogens is 1. The average Bonchev–Trinajstić information content (AvgIpc) is 3.82. The van der Waals surface area contributed by atoms with Gasteiger partial charge in [-0.05, 0) is 83.6 Å². The third kappa shape index (κ3) is 6.71. The third-order valence-electron chi connectivity index (χ3n) is 12.7. The molecule has 0 spiro atoms. The normalized spacial score (nSPS) is 16.0. The molecule has 1 aliphatic heterocycles. The summed E-state index contributed by atoms with van der Waals surface area (Å²) in [5.41, 5.74) is 22.8. The van der Waals surface area contributed by atoms with Crippen molar-refractivity contribution < 1.29 is 0 Å². The Hall–Kier alpha value is -7.86. The van der Waals surface area contributed by atoms with E-state index in [1.165, 1.54) is 55.4 Å². The van der Waals surface area contributed by atoms with Crippen molar-refractivity contribution in [3.63, 3.8) is 0 Å². The maximum absolute atomic E-state index is 5.95. The SMILES string of the molecule is CC12CC=CC=C1c1ccc(-c3ccc(/C(=N\C(=N/CN)c4ccccc4)c4ccccc4)cc3)cc1N2c1ccc(-c2ccc3c4ccccc4n(-c4ccccc4)c3c2)cc1. The largest absolute Gasteiger partial charge is 0.331 e. The molecule has 5 heteroatoms. The van der Waals surface area contributed by atoms with E-state index in [0.717, 1.165) is 45.6 Å². The fraction of sp³-hybridized carbons (Fsp3) is 0.0690. The quantitative estimate of drug-likeness (QED) is 0.123. The lowest BCUT2D eigenvalue weighted by Gasteiger charge is -2.39. The highest BCUT2D eigenvalue weighted by atomic mass is 15.2. The highest BCUT2D eigenvalue weighted by molar-refractivity contribution is 6.20. The van der Waals surface area contributed by atoms with Crippen LogP contribution in [0.5, 0.6) is 0 Å². The summed E-state index contributed by atoms with van der Waals surface area (Å²) in [4.78, 5) is 12.3. The Morgan fingerprint density at radius 3 is 1.87 bits per heavy atom. The van der Waals surface area contributed by atoms with Crippen LogP contribution in [-0.2, 0) is 0 Å². The minimum absolute atomic E-state index is 0.151. The van der Waals surface area contributed by atoms with Crippen LogP contribution in [-0.4, -0.2) is 28.3 Å². The molecule has 2 heterocycles. The molecule has 1 aliphatic carbocycles. The predicted octanol–water partition coefficient (Wildman–Crippen LogP) is 13.6. The average molecular weight is 812 g/mol. The second-order valence-electron chi connectivity index (χ2n) is 16.5. The second kappa shape index (κ2) is 15.9. The van der Waals surface area contributed by atoms with Crippen molar-refractivity contribution in [3.05, 3.63) is 241 Å². The van der Waals surface area contributed by atoms with E-state index in [4.69, 9.17) is 10.7 Å². The summed E-state index contributed by atoms with van der Waals surface area (Å²) in [5, 5.41) is 2.52. The van der Waals surface area contributed by atoms with Gasteiger partial charge in [0, 0.05) is 44.4 Å². The molecule has 0 saturated heterocycles. The van der Waals surface area contributed by atoms with Gasteiger partial charge in [-0.15, -0.1) is 0 Å². The van der Waals surface area contributed by atoms with E-state index in [-0.39, 0.29) is 12.2 Å². The van der Waals surface area contributed by atoms with E-state index in [9.17, 15) is 0 Å². The first-order valence-electron chi connectivity index (χ1n) is 21.6. The van der Waals surface area contributed by atoms with Crippen molar-refractivity contribution >= 4 is 50.3 Å². The molecular formula is C58H45N5. The van der Waals surface area contributed by atoms with Crippen molar-refractivity contribution in [1.29, 1.82) is 0 Å². The lowest BCUT2D eigenvalue weighted by Crippen LogP contribution is -2.40. The van der Waals surface area contributed by atoms with Gasteiger partial charge in [-0.1, -0.05) is 176 Å². The molecule has 2 aliphatic rings. The van der Waals surface area contributed by atoms with Crippen molar-refractivity contribution in [1.82, 2.24) is 4.57 Å². The Labute approximate surface area is 368 Å². The van der Waals surface area contributed by atoms with E-state index in [1.54, 1.807) is 0 Å². The zero-order valence-corrected chi connectivity index (χ0v) is 35.1. The van der Waals surface area contributed by atoms with Crippen LogP contribution in [0.2, 0.25) is 0 Å². The molecule has 9 aromatic rings. The molecule has 0 radical (unpaired) electrons. The Bertz CT molecular complexity index is 3270. The van der Waals surface area contributed by atoms with Crippen LogP contribution in [0.3, 0.4) is 0 Å². The predicted molar refractivity (Wildman–Crippen MR) is 264 cm³/mol. The van der Waals surface area contributed by atoms with Gasteiger partial charge in [-0.25, -0.2) is 4.99 Å². The molecule has 0 saturated carbocycles. The van der Waals surface area contributed by atoms with Crippen LogP contribution in [0.25, 0.3) is 55.3 Å². The van der Waals surface area contributed by atoms with Gasteiger partial charge in [0.15, 0.2) is 5.84 Å². The lowest BCUT2D eigenvalue weighted by molar-refractivity contribution is 0.607. The van der Waals surface area contributed by atoms with Gasteiger partial charge in [0.25, 0.3) is 0 Å². The first-order chi connectivity index (χ1) is 31.1. The smallest absolute Gasteiger partial charge is 0.156 e. The van der Waals surface area contributed by atoms with E-state index < -0.39 is 0 Å². The molecule has 1 aromatic heterocycles. The van der Waals surface area contributed by atoms with Crippen LogP contribution < -0.4 is 10.6 Å². The van der Waals surface area contributed by atoms with Gasteiger partial charge in [-0.2, -0.15) is 0 Å². The number of allylic oxidation sites excluding steroid dienone is 2. The topological polar surface area (TPSA) is 58.9 Å². The summed E-state index contributed by atoms with van der Waals surface area (Å²) in [6.07, 6.45) is 7.72. The molecule has 0 fully saturated rings. The molecule has 63 heavy (non-hydrogen) atoms. The number of nitrogens with zero attached hydrogens (tertiary/aromatic N) is 4. The molecule has 1 unspecified atom stereocenters. The summed E-state index contributed by atoms with van der Waals surface area (Å²) in [7, 11) is 0.